The third-order valence-electron chi connectivity index (χ3n) is 6.07. The topological polar surface area (TPSA) is 83.0 Å². The van der Waals surface area contributed by atoms with Gasteiger partial charge < -0.3 is 15.1 Å². The predicted octanol–water partition coefficient (Wildman–Crippen LogP) is 2.39. The quantitative estimate of drug-likeness (QED) is 0.647. The van der Waals surface area contributed by atoms with Gasteiger partial charge in [0, 0.05) is 80.6 Å². The van der Waals surface area contributed by atoms with Crippen molar-refractivity contribution < 1.29 is 4.39 Å². The molecule has 2 aliphatic heterocycles. The number of nitrogens with zero attached hydrogens (tertiary/aromatic N) is 7. The lowest BCUT2D eigenvalue weighted by atomic mass is 9.99. The molecule has 0 bridgehead atoms. The van der Waals surface area contributed by atoms with Crippen LogP contribution in [0.15, 0.2) is 36.8 Å². The average molecular weight is 420 g/mol. The van der Waals surface area contributed by atoms with Crippen LogP contribution in [0.4, 0.5) is 15.9 Å². The van der Waals surface area contributed by atoms with E-state index in [4.69, 9.17) is 4.98 Å². The highest BCUT2D eigenvalue weighted by molar-refractivity contribution is 5.58. The van der Waals surface area contributed by atoms with E-state index in [1.54, 1.807) is 18.5 Å². The number of anilines is 2. The molecule has 0 amide bonds. The van der Waals surface area contributed by atoms with Crippen molar-refractivity contribution in [3.05, 3.63) is 54.0 Å². The molecule has 8 nitrogen and oxygen atoms in total. The summed E-state index contributed by atoms with van der Waals surface area (Å²) in [6.45, 7) is 7.56. The summed E-state index contributed by atoms with van der Waals surface area (Å²) >= 11 is 0. The lowest BCUT2D eigenvalue weighted by Gasteiger charge is -2.38. The molecule has 2 unspecified atom stereocenters. The molecule has 9 heteroatoms. The Morgan fingerprint density at radius 1 is 1.00 bits per heavy atom. The fourth-order valence-corrected chi connectivity index (χ4v) is 4.41. The second-order valence-corrected chi connectivity index (χ2v) is 8.04. The van der Waals surface area contributed by atoms with E-state index in [1.165, 1.54) is 6.07 Å². The van der Waals surface area contributed by atoms with Gasteiger partial charge in [0.15, 0.2) is 11.6 Å². The van der Waals surface area contributed by atoms with Crippen LogP contribution in [0.2, 0.25) is 0 Å². The first kappa shape index (κ1) is 19.7. The van der Waals surface area contributed by atoms with Crippen molar-refractivity contribution in [3.8, 4) is 11.6 Å². The fraction of sp³-hybridized carbons (Fsp3) is 0.409. The van der Waals surface area contributed by atoms with Gasteiger partial charge in [-0.05, 0) is 19.9 Å². The number of hydrogen-bond acceptors (Lipinski definition) is 8. The number of hydrogen-bond donors (Lipinski definition) is 1. The van der Waals surface area contributed by atoms with E-state index in [9.17, 15) is 4.39 Å². The minimum absolute atomic E-state index is 0.0166. The monoisotopic (exact) mass is 420 g/mol. The number of fused-ring (bicyclic) bond motifs is 1. The van der Waals surface area contributed by atoms with Crippen LogP contribution in [0.3, 0.4) is 0 Å². The SMILES string of the molecule is CC1CNCCN1c1cc(F)nc(N2CCc3nc(-c4ncccn4)ncc3C2C)c1. The van der Waals surface area contributed by atoms with Crippen molar-refractivity contribution in [3.63, 3.8) is 0 Å². The number of nitrogens with one attached hydrogen (secondary N) is 1. The molecule has 160 valence electrons. The fourth-order valence-electron chi connectivity index (χ4n) is 4.41. The lowest BCUT2D eigenvalue weighted by molar-refractivity contribution is 0.497. The van der Waals surface area contributed by atoms with E-state index in [2.05, 4.69) is 48.9 Å². The summed E-state index contributed by atoms with van der Waals surface area (Å²) in [5.74, 6) is 1.24. The van der Waals surface area contributed by atoms with Crippen LogP contribution in [-0.2, 0) is 6.42 Å². The largest absolute Gasteiger partial charge is 0.366 e. The molecule has 31 heavy (non-hydrogen) atoms. The van der Waals surface area contributed by atoms with E-state index >= 15 is 0 Å². The van der Waals surface area contributed by atoms with Crippen molar-refractivity contribution in [1.82, 2.24) is 30.2 Å². The normalized spacial score (nSPS) is 21.1. The number of aromatic nitrogens is 5. The summed E-state index contributed by atoms with van der Waals surface area (Å²) in [7, 11) is 0. The van der Waals surface area contributed by atoms with Crippen LogP contribution in [0, 0.1) is 5.95 Å². The van der Waals surface area contributed by atoms with Gasteiger partial charge in [0.05, 0.1) is 11.7 Å². The van der Waals surface area contributed by atoms with E-state index in [-0.39, 0.29) is 6.04 Å². The van der Waals surface area contributed by atoms with Gasteiger partial charge in [0.25, 0.3) is 0 Å². The average Bonchev–Trinajstić information content (AvgIpc) is 2.79. The maximum absolute atomic E-state index is 14.5. The van der Waals surface area contributed by atoms with Crippen LogP contribution in [0.1, 0.15) is 31.1 Å². The first-order valence-electron chi connectivity index (χ1n) is 10.6. The second-order valence-electron chi connectivity index (χ2n) is 8.04. The molecular weight excluding hydrogens is 395 g/mol. The molecule has 0 aliphatic carbocycles. The van der Waals surface area contributed by atoms with Gasteiger partial charge in [-0.1, -0.05) is 0 Å². The van der Waals surface area contributed by atoms with E-state index in [0.29, 0.717) is 30.1 Å². The van der Waals surface area contributed by atoms with Gasteiger partial charge in [-0.3, -0.25) is 0 Å². The zero-order valence-electron chi connectivity index (χ0n) is 17.7. The molecule has 0 spiro atoms. The maximum atomic E-state index is 14.5. The molecule has 0 radical (unpaired) electrons. The number of rotatable bonds is 3. The van der Waals surface area contributed by atoms with Gasteiger partial charge in [0.1, 0.15) is 5.82 Å². The zero-order valence-corrected chi connectivity index (χ0v) is 17.7. The maximum Gasteiger partial charge on any atom is 0.216 e. The van der Waals surface area contributed by atoms with Gasteiger partial charge in [-0.25, -0.2) is 24.9 Å². The molecule has 0 aromatic carbocycles. The minimum atomic E-state index is -0.455. The summed E-state index contributed by atoms with van der Waals surface area (Å²) in [5, 5.41) is 3.38. The second kappa shape index (κ2) is 8.14. The first-order valence-corrected chi connectivity index (χ1v) is 10.6. The Balaban J connectivity index is 1.44. The summed E-state index contributed by atoms with van der Waals surface area (Å²) < 4.78 is 14.5. The Labute approximate surface area is 180 Å². The Morgan fingerprint density at radius 3 is 2.65 bits per heavy atom. The minimum Gasteiger partial charge on any atom is -0.366 e. The molecular formula is C22H25FN8. The van der Waals surface area contributed by atoms with E-state index < -0.39 is 5.95 Å². The van der Waals surface area contributed by atoms with Gasteiger partial charge in [-0.2, -0.15) is 4.39 Å². The first-order chi connectivity index (χ1) is 15.1. The molecule has 5 heterocycles. The van der Waals surface area contributed by atoms with E-state index in [1.807, 2.05) is 12.3 Å². The Hall–Kier alpha value is -3.20. The van der Waals surface area contributed by atoms with Crippen molar-refractivity contribution in [1.29, 1.82) is 0 Å². The Kier molecular flexibility index (Phi) is 5.19. The van der Waals surface area contributed by atoms with Crippen LogP contribution in [0.5, 0.6) is 0 Å². The lowest BCUT2D eigenvalue weighted by Crippen LogP contribution is -2.50. The summed E-state index contributed by atoms with van der Waals surface area (Å²) in [6, 6.07) is 5.58. The molecule has 1 N–H and O–H groups in total. The van der Waals surface area contributed by atoms with E-state index in [0.717, 1.165) is 43.0 Å². The highest BCUT2D eigenvalue weighted by atomic mass is 19.1. The molecule has 0 saturated carbocycles. The smallest absolute Gasteiger partial charge is 0.216 e. The van der Waals surface area contributed by atoms with Crippen LogP contribution < -0.4 is 15.1 Å². The van der Waals surface area contributed by atoms with Gasteiger partial charge in [-0.15, -0.1) is 0 Å². The number of halogens is 1. The van der Waals surface area contributed by atoms with Crippen molar-refractivity contribution in [2.75, 3.05) is 36.0 Å². The third kappa shape index (κ3) is 3.81. The molecule has 3 aromatic rings. The highest BCUT2D eigenvalue weighted by Gasteiger charge is 2.28. The Morgan fingerprint density at radius 2 is 1.84 bits per heavy atom. The molecule has 2 aliphatic rings. The summed E-state index contributed by atoms with van der Waals surface area (Å²) in [5.41, 5.74) is 2.88. The van der Waals surface area contributed by atoms with Crippen molar-refractivity contribution in [2.45, 2.75) is 32.4 Å². The molecule has 3 aromatic heterocycles. The standard InChI is InChI=1S/C22H25FN8/c1-14-12-24-7-9-30(14)16-10-19(23)29-20(11-16)31-8-4-18-17(15(31)2)13-27-22(28-18)21-25-5-3-6-26-21/h3,5-6,10-11,13-15,24H,4,7-9,12H2,1-2H3. The van der Waals surface area contributed by atoms with Crippen molar-refractivity contribution in [2.24, 2.45) is 0 Å². The zero-order chi connectivity index (χ0) is 21.4. The van der Waals surface area contributed by atoms with Crippen LogP contribution >= 0.6 is 0 Å². The van der Waals surface area contributed by atoms with Crippen LogP contribution in [0.25, 0.3) is 11.6 Å². The Bertz CT molecular complexity index is 1080. The third-order valence-corrected chi connectivity index (χ3v) is 6.07. The molecule has 1 saturated heterocycles. The van der Waals surface area contributed by atoms with Crippen LogP contribution in [-0.4, -0.2) is 57.1 Å². The number of piperazine rings is 1. The van der Waals surface area contributed by atoms with Crippen molar-refractivity contribution >= 4 is 11.5 Å². The molecule has 5 rings (SSSR count). The predicted molar refractivity (Wildman–Crippen MR) is 116 cm³/mol. The van der Waals surface area contributed by atoms with Gasteiger partial charge >= 0.3 is 0 Å². The summed E-state index contributed by atoms with van der Waals surface area (Å²) in [6.07, 6.45) is 5.92. The highest BCUT2D eigenvalue weighted by Crippen LogP contribution is 2.34. The summed E-state index contributed by atoms with van der Waals surface area (Å²) in [4.78, 5) is 26.3. The molecule has 2 atom stereocenters. The number of pyridine rings is 1. The molecule has 1 fully saturated rings. The van der Waals surface area contributed by atoms with Gasteiger partial charge in [0.2, 0.25) is 5.95 Å².